The van der Waals surface area contributed by atoms with Crippen LogP contribution in [0.3, 0.4) is 0 Å². The van der Waals surface area contributed by atoms with Gasteiger partial charge in [0.25, 0.3) is 0 Å². The lowest BCUT2D eigenvalue weighted by atomic mass is 10.3. The van der Waals surface area contributed by atoms with E-state index in [0.717, 1.165) is 72.8 Å². The molecule has 76 heavy (non-hydrogen) atoms. The minimum atomic E-state index is -4.75. The zero-order valence-corrected chi connectivity index (χ0v) is 49.4. The third-order valence-corrected chi connectivity index (χ3v) is 24.0. The molecule has 0 fully saturated rings. The zero-order valence-electron chi connectivity index (χ0n) is 38.2. The van der Waals surface area contributed by atoms with Crippen LogP contribution in [0, 0.1) is 0 Å². The minimum Gasteiger partial charge on any atom is -0.507 e. The van der Waals surface area contributed by atoms with Crippen LogP contribution in [0.2, 0.25) is 0 Å². The van der Waals surface area contributed by atoms with Crippen molar-refractivity contribution >= 4 is 123 Å². The van der Waals surface area contributed by atoms with Crippen molar-refractivity contribution in [3.8, 4) is 23.0 Å². The SMILES string of the molecule is O=S(=O)(c1ccc(O)c(S(=O)(=O)c2ccc(Br)cc2)c1)c1ccc(OCCOc2ccc(S(=O)(=O)c3ccc(O)c(S(=O)(=O)c4ccc(Br)cc4)c3)cc2S(=O)(=O)c2ccc(Br)cc2)c(S(=O)(=O)c2ccc(Br)cc2)c1. The maximum atomic E-state index is 14.3. The molecule has 0 aliphatic heterocycles. The second-order valence-corrected chi connectivity index (χ2v) is 31.2. The van der Waals surface area contributed by atoms with Crippen LogP contribution in [-0.2, 0) is 59.0 Å². The predicted octanol–water partition coefficient (Wildman–Crippen LogP) is 10.6. The number of benzene rings is 8. The molecule has 0 heterocycles. The van der Waals surface area contributed by atoms with Crippen molar-refractivity contribution in [1.29, 1.82) is 0 Å². The van der Waals surface area contributed by atoms with Crippen LogP contribution < -0.4 is 9.47 Å². The average molecular weight is 1400 g/mol. The second-order valence-electron chi connectivity index (χ2n) is 16.0. The number of sulfone groups is 6. The fraction of sp³-hybridized carbons (Fsp3) is 0.0400. The number of halogens is 4. The number of ether oxygens (including phenoxy) is 2. The van der Waals surface area contributed by atoms with Gasteiger partial charge in [-0.05, 0) is 170 Å². The van der Waals surface area contributed by atoms with Crippen LogP contribution in [0.4, 0.5) is 0 Å². The Kier molecular flexibility index (Phi) is 16.3. The van der Waals surface area contributed by atoms with E-state index in [9.17, 15) is 60.7 Å². The molecule has 0 unspecified atom stereocenters. The molecule has 0 bridgehead atoms. The van der Waals surface area contributed by atoms with E-state index < -0.39 is 134 Å². The molecular formula is C50H34Br4O16S6. The highest BCUT2D eigenvalue weighted by atomic mass is 79.9. The highest BCUT2D eigenvalue weighted by Crippen LogP contribution is 2.40. The van der Waals surface area contributed by atoms with Gasteiger partial charge in [-0.2, -0.15) is 0 Å². The van der Waals surface area contributed by atoms with Crippen LogP contribution in [0.1, 0.15) is 0 Å². The highest BCUT2D eigenvalue weighted by molar-refractivity contribution is 9.11. The Morgan fingerprint density at radius 3 is 0.750 bits per heavy atom. The normalized spacial score (nSPS) is 12.5. The van der Waals surface area contributed by atoms with Gasteiger partial charge in [0.15, 0.2) is 0 Å². The summed E-state index contributed by atoms with van der Waals surface area (Å²) in [5.74, 6) is -2.29. The number of aromatic hydroxyl groups is 2. The molecule has 0 amide bonds. The Balaban J connectivity index is 1.13. The Morgan fingerprint density at radius 1 is 0.276 bits per heavy atom. The van der Waals surface area contributed by atoms with E-state index in [0.29, 0.717) is 17.9 Å². The van der Waals surface area contributed by atoms with E-state index in [1.54, 1.807) is 0 Å². The number of phenolic OH excluding ortho intramolecular Hbond substituents is 2. The summed E-state index contributed by atoms with van der Waals surface area (Å²) in [5.41, 5.74) is 0. The topological polar surface area (TPSA) is 264 Å². The summed E-state index contributed by atoms with van der Waals surface area (Å²) in [6.45, 7) is -1.07. The Morgan fingerprint density at radius 2 is 0.487 bits per heavy atom. The van der Waals surface area contributed by atoms with Crippen molar-refractivity contribution in [3.05, 3.63) is 188 Å². The summed E-state index contributed by atoms with van der Waals surface area (Å²) >= 11 is 12.9. The van der Waals surface area contributed by atoms with Gasteiger partial charge in [-0.3, -0.25) is 0 Å². The quantitative estimate of drug-likeness (QED) is 0.0803. The first-order chi connectivity index (χ1) is 35.6. The van der Waals surface area contributed by atoms with Gasteiger partial charge in [-0.25, -0.2) is 50.5 Å². The van der Waals surface area contributed by atoms with Gasteiger partial charge in [-0.15, -0.1) is 0 Å². The van der Waals surface area contributed by atoms with Gasteiger partial charge >= 0.3 is 0 Å². The van der Waals surface area contributed by atoms with Crippen molar-refractivity contribution < 1.29 is 70.2 Å². The number of hydrogen-bond donors (Lipinski definition) is 2. The maximum absolute atomic E-state index is 14.3. The third-order valence-electron chi connectivity index (χ3n) is 11.2. The van der Waals surface area contributed by atoms with E-state index in [-0.39, 0.29) is 19.6 Å². The first-order valence-electron chi connectivity index (χ1n) is 21.4. The Labute approximate surface area is 471 Å². The largest absolute Gasteiger partial charge is 0.507 e. The molecule has 0 saturated heterocycles. The van der Waals surface area contributed by atoms with Gasteiger partial charge in [0.05, 0.1) is 39.2 Å². The van der Waals surface area contributed by atoms with Crippen molar-refractivity contribution in [3.63, 3.8) is 0 Å². The molecule has 2 N–H and O–H groups in total. The highest BCUT2D eigenvalue weighted by Gasteiger charge is 2.32. The molecular weight excluding hydrogens is 1370 g/mol. The molecule has 26 heteroatoms. The minimum absolute atomic E-state index is 0.254. The lowest BCUT2D eigenvalue weighted by molar-refractivity contribution is 0.210. The maximum Gasteiger partial charge on any atom is 0.210 e. The molecule has 8 aromatic rings. The summed E-state index contributed by atoms with van der Waals surface area (Å²) in [7, 11) is -27.7. The molecule has 0 spiro atoms. The smallest absolute Gasteiger partial charge is 0.210 e. The molecule has 16 nitrogen and oxygen atoms in total. The molecule has 8 aromatic carbocycles. The molecule has 0 aliphatic rings. The fourth-order valence-corrected chi connectivity index (χ4v) is 16.8. The number of hydrogen-bond acceptors (Lipinski definition) is 16. The Bertz CT molecular complexity index is 4020. The van der Waals surface area contributed by atoms with Crippen LogP contribution in [-0.4, -0.2) is 73.9 Å². The van der Waals surface area contributed by atoms with Crippen LogP contribution in [0.15, 0.2) is 246 Å². The van der Waals surface area contributed by atoms with Crippen LogP contribution in [0.5, 0.6) is 23.0 Å². The molecule has 0 aromatic heterocycles. The van der Waals surface area contributed by atoms with Gasteiger partial charge in [-0.1, -0.05) is 63.7 Å². The molecule has 0 saturated carbocycles. The Hall–Kier alpha value is -5.42. The van der Waals surface area contributed by atoms with Crippen molar-refractivity contribution in [2.24, 2.45) is 0 Å². The van der Waals surface area contributed by atoms with Crippen LogP contribution >= 0.6 is 63.7 Å². The van der Waals surface area contributed by atoms with Gasteiger partial charge < -0.3 is 19.7 Å². The monoisotopic (exact) mass is 1400 g/mol. The fourth-order valence-electron chi connectivity index (χ4n) is 7.26. The average Bonchev–Trinajstić information content (AvgIpc) is 3.38. The first-order valence-corrected chi connectivity index (χ1v) is 33.4. The lowest BCUT2D eigenvalue weighted by Gasteiger charge is -2.17. The van der Waals surface area contributed by atoms with E-state index in [1.165, 1.54) is 97.1 Å². The summed E-state index contributed by atoms with van der Waals surface area (Å²) in [6.07, 6.45) is 0. The molecule has 0 atom stereocenters. The molecule has 8 rings (SSSR count). The lowest BCUT2D eigenvalue weighted by Crippen LogP contribution is -2.15. The zero-order chi connectivity index (χ0) is 55.2. The standard InChI is InChI=1S/C50H34Br4O16S6/c51-31-1-9-35(10-2-31)73(61,62)47-27-39(17-21-43(47)55)71(57,58)41-19-23-45(49(29-41)75(65,66)37-13-5-33(53)6-14-37)69-25-26-70-46-24-20-42(30-50(46)76(67,68)38-15-7-34(54)8-16-38)72(59,60)40-18-22-44(56)48(28-40)74(63,64)36-11-3-32(52)4-12-36/h1-24,27-30,55-56H,25-26H2. The van der Waals surface area contributed by atoms with Gasteiger partial charge in [0.2, 0.25) is 59.0 Å². The summed E-state index contributed by atoms with van der Waals surface area (Å²) in [4.78, 5) is -6.32. The first kappa shape index (κ1) is 56.8. The summed E-state index contributed by atoms with van der Waals surface area (Å²) in [6, 6.07) is 32.4. The molecule has 0 aliphatic carbocycles. The molecule has 394 valence electrons. The second kappa shape index (κ2) is 21.8. The van der Waals surface area contributed by atoms with Gasteiger partial charge in [0.1, 0.15) is 55.8 Å². The van der Waals surface area contributed by atoms with E-state index >= 15 is 0 Å². The van der Waals surface area contributed by atoms with E-state index in [1.807, 2.05) is 0 Å². The third kappa shape index (κ3) is 11.4. The van der Waals surface area contributed by atoms with Crippen LogP contribution in [0.25, 0.3) is 0 Å². The van der Waals surface area contributed by atoms with Crippen molar-refractivity contribution in [1.82, 2.24) is 0 Å². The summed E-state index contributed by atoms with van der Waals surface area (Å²) < 4.78 is 183. The van der Waals surface area contributed by atoms with Crippen molar-refractivity contribution in [2.75, 3.05) is 13.2 Å². The van der Waals surface area contributed by atoms with E-state index in [2.05, 4.69) is 63.7 Å². The van der Waals surface area contributed by atoms with E-state index in [4.69, 9.17) is 9.47 Å². The number of rotatable bonds is 17. The molecule has 0 radical (unpaired) electrons. The van der Waals surface area contributed by atoms with Gasteiger partial charge in [0, 0.05) is 17.9 Å². The number of phenols is 2. The summed E-state index contributed by atoms with van der Waals surface area (Å²) in [5, 5.41) is 21.3. The predicted molar refractivity (Wildman–Crippen MR) is 289 cm³/mol. The van der Waals surface area contributed by atoms with Crippen molar-refractivity contribution in [2.45, 2.75) is 58.7 Å².